The molecule has 1 aromatic carbocycles. The zero-order chi connectivity index (χ0) is 15.6. The van der Waals surface area contributed by atoms with Crippen molar-refractivity contribution in [3.8, 4) is 5.19 Å². The number of hydrogen-bond acceptors (Lipinski definition) is 5. The number of likely N-dealkylation sites (tertiary alicyclic amines) is 1. The Hall–Kier alpha value is -2.34. The minimum atomic E-state index is -0.0477. The van der Waals surface area contributed by atoms with E-state index in [4.69, 9.17) is 9.15 Å². The molecule has 6 heteroatoms. The summed E-state index contributed by atoms with van der Waals surface area (Å²) in [6.07, 6.45) is 3.25. The van der Waals surface area contributed by atoms with Gasteiger partial charge in [-0.3, -0.25) is 4.79 Å². The normalized spacial score (nSPS) is 15.9. The van der Waals surface area contributed by atoms with Crippen molar-refractivity contribution in [1.82, 2.24) is 9.88 Å². The van der Waals surface area contributed by atoms with Crippen LogP contribution in [0.2, 0.25) is 0 Å². The van der Waals surface area contributed by atoms with Crippen molar-refractivity contribution in [3.63, 3.8) is 0 Å². The molecule has 2 aromatic heterocycles. The van der Waals surface area contributed by atoms with Crippen molar-refractivity contribution in [2.24, 2.45) is 0 Å². The Morgan fingerprint density at radius 3 is 2.78 bits per heavy atom. The first-order valence-corrected chi connectivity index (χ1v) is 8.46. The number of para-hydroxylation sites is 1. The number of amides is 1. The van der Waals surface area contributed by atoms with Gasteiger partial charge in [-0.15, -0.1) is 0 Å². The fourth-order valence-electron chi connectivity index (χ4n) is 2.78. The quantitative estimate of drug-likeness (QED) is 0.737. The summed E-state index contributed by atoms with van der Waals surface area (Å²) in [7, 11) is 0. The monoisotopic (exact) mass is 328 g/mol. The Kier molecular flexibility index (Phi) is 3.75. The molecular formula is C17H16N2O3S. The predicted octanol–water partition coefficient (Wildman–Crippen LogP) is 3.57. The number of fused-ring (bicyclic) bond motifs is 1. The fourth-order valence-corrected chi connectivity index (χ4v) is 3.66. The minimum Gasteiger partial charge on any atom is -0.467 e. The highest BCUT2D eigenvalue weighted by atomic mass is 32.1. The van der Waals surface area contributed by atoms with Crippen LogP contribution < -0.4 is 4.74 Å². The largest absolute Gasteiger partial charge is 0.467 e. The number of aromatic nitrogens is 1. The number of rotatable bonds is 3. The van der Waals surface area contributed by atoms with E-state index in [9.17, 15) is 4.79 Å². The van der Waals surface area contributed by atoms with Gasteiger partial charge in [0.05, 0.1) is 16.5 Å². The van der Waals surface area contributed by atoms with Crippen LogP contribution >= 0.6 is 11.3 Å². The first-order chi connectivity index (χ1) is 11.3. The van der Waals surface area contributed by atoms with Crippen LogP contribution in [0.3, 0.4) is 0 Å². The number of ether oxygens (including phenoxy) is 1. The molecule has 1 fully saturated rings. The average molecular weight is 328 g/mol. The first kappa shape index (κ1) is 14.3. The third-order valence-electron chi connectivity index (χ3n) is 4.00. The van der Waals surface area contributed by atoms with Gasteiger partial charge in [-0.25, -0.2) is 4.98 Å². The van der Waals surface area contributed by atoms with E-state index in [0.29, 0.717) is 24.0 Å². The molecule has 1 aliphatic heterocycles. The van der Waals surface area contributed by atoms with Gasteiger partial charge in [0, 0.05) is 25.9 Å². The zero-order valence-electron chi connectivity index (χ0n) is 12.5. The number of nitrogens with zero attached hydrogens (tertiary/aromatic N) is 2. The van der Waals surface area contributed by atoms with Crippen LogP contribution in [0.4, 0.5) is 0 Å². The second-order valence-corrected chi connectivity index (χ2v) is 6.53. The summed E-state index contributed by atoms with van der Waals surface area (Å²) in [5.74, 6) is 0.351. The number of hydrogen-bond donors (Lipinski definition) is 0. The SMILES string of the molecule is O=C(c1ccco1)N1CCC(Oc2nc3ccccc3s2)CC1. The third kappa shape index (κ3) is 2.94. The molecule has 23 heavy (non-hydrogen) atoms. The molecule has 0 spiro atoms. The highest BCUT2D eigenvalue weighted by molar-refractivity contribution is 7.20. The summed E-state index contributed by atoms with van der Waals surface area (Å²) in [5, 5.41) is 0.710. The second-order valence-electron chi connectivity index (χ2n) is 5.53. The topological polar surface area (TPSA) is 55.6 Å². The number of carbonyl (C=O) groups excluding carboxylic acids is 1. The van der Waals surface area contributed by atoms with Gasteiger partial charge in [0.1, 0.15) is 6.10 Å². The van der Waals surface area contributed by atoms with Gasteiger partial charge in [0.15, 0.2) is 5.76 Å². The molecule has 0 radical (unpaired) electrons. The maximum Gasteiger partial charge on any atom is 0.289 e. The van der Waals surface area contributed by atoms with Gasteiger partial charge in [-0.2, -0.15) is 0 Å². The number of carbonyl (C=O) groups is 1. The van der Waals surface area contributed by atoms with E-state index in [1.165, 1.54) is 6.26 Å². The molecule has 0 aliphatic carbocycles. The first-order valence-electron chi connectivity index (χ1n) is 7.64. The lowest BCUT2D eigenvalue weighted by molar-refractivity contribution is 0.0567. The number of furan rings is 1. The van der Waals surface area contributed by atoms with Crippen LogP contribution in [0.25, 0.3) is 10.2 Å². The van der Waals surface area contributed by atoms with Crippen molar-refractivity contribution >= 4 is 27.5 Å². The molecule has 118 valence electrons. The van der Waals surface area contributed by atoms with Crippen LogP contribution in [0.5, 0.6) is 5.19 Å². The van der Waals surface area contributed by atoms with Gasteiger partial charge < -0.3 is 14.1 Å². The van der Waals surface area contributed by atoms with E-state index >= 15 is 0 Å². The highest BCUT2D eigenvalue weighted by Crippen LogP contribution is 2.29. The lowest BCUT2D eigenvalue weighted by Crippen LogP contribution is -2.41. The highest BCUT2D eigenvalue weighted by Gasteiger charge is 2.26. The molecule has 0 N–H and O–H groups in total. The molecule has 1 aliphatic rings. The summed E-state index contributed by atoms with van der Waals surface area (Å²) < 4.78 is 12.3. The average Bonchev–Trinajstić information content (AvgIpc) is 3.24. The number of piperidine rings is 1. The smallest absolute Gasteiger partial charge is 0.289 e. The minimum absolute atomic E-state index is 0.0477. The van der Waals surface area contributed by atoms with Crippen molar-refractivity contribution in [1.29, 1.82) is 0 Å². The summed E-state index contributed by atoms with van der Waals surface area (Å²) in [5.41, 5.74) is 0.970. The lowest BCUT2D eigenvalue weighted by atomic mass is 10.1. The molecule has 3 heterocycles. The molecule has 0 saturated carbocycles. The van der Waals surface area contributed by atoms with Gasteiger partial charge in [0.2, 0.25) is 0 Å². The van der Waals surface area contributed by atoms with E-state index in [0.717, 1.165) is 23.1 Å². The molecule has 1 amide bonds. The summed E-state index contributed by atoms with van der Waals surface area (Å²) in [4.78, 5) is 18.5. The van der Waals surface area contributed by atoms with Crippen LogP contribution in [-0.2, 0) is 0 Å². The van der Waals surface area contributed by atoms with E-state index in [2.05, 4.69) is 4.98 Å². The van der Waals surface area contributed by atoms with Crippen LogP contribution in [0.15, 0.2) is 47.1 Å². The zero-order valence-corrected chi connectivity index (χ0v) is 13.3. The van der Waals surface area contributed by atoms with E-state index in [-0.39, 0.29) is 12.0 Å². The van der Waals surface area contributed by atoms with Crippen molar-refractivity contribution < 1.29 is 13.9 Å². The fraction of sp³-hybridized carbons (Fsp3) is 0.294. The molecular weight excluding hydrogens is 312 g/mol. The van der Waals surface area contributed by atoms with Crippen LogP contribution in [0.1, 0.15) is 23.4 Å². The molecule has 3 aromatic rings. The van der Waals surface area contributed by atoms with Gasteiger partial charge >= 0.3 is 0 Å². The van der Waals surface area contributed by atoms with E-state index in [1.54, 1.807) is 23.5 Å². The Morgan fingerprint density at radius 2 is 2.04 bits per heavy atom. The number of thiazole rings is 1. The Balaban J connectivity index is 1.37. The van der Waals surface area contributed by atoms with Crippen molar-refractivity contribution in [2.45, 2.75) is 18.9 Å². The standard InChI is InChI=1S/C17H16N2O3S/c20-16(14-5-3-11-21-14)19-9-7-12(8-10-19)22-17-18-13-4-1-2-6-15(13)23-17/h1-6,11-12H,7-10H2. The van der Waals surface area contributed by atoms with Gasteiger partial charge in [-0.05, 0) is 24.3 Å². The molecule has 0 bridgehead atoms. The Labute approximate surface area is 137 Å². The van der Waals surface area contributed by atoms with Crippen molar-refractivity contribution in [2.75, 3.05) is 13.1 Å². The molecule has 0 atom stereocenters. The molecule has 0 unspecified atom stereocenters. The maximum absolute atomic E-state index is 12.2. The van der Waals surface area contributed by atoms with Crippen molar-refractivity contribution in [3.05, 3.63) is 48.4 Å². The van der Waals surface area contributed by atoms with Crippen LogP contribution in [0, 0.1) is 0 Å². The van der Waals surface area contributed by atoms with E-state index in [1.807, 2.05) is 29.2 Å². The van der Waals surface area contributed by atoms with Gasteiger partial charge in [0.25, 0.3) is 11.1 Å². The Bertz CT molecular complexity index is 771. The van der Waals surface area contributed by atoms with E-state index < -0.39 is 0 Å². The maximum atomic E-state index is 12.2. The lowest BCUT2D eigenvalue weighted by Gasteiger charge is -2.31. The Morgan fingerprint density at radius 1 is 1.22 bits per heavy atom. The summed E-state index contributed by atoms with van der Waals surface area (Å²) in [6, 6.07) is 11.4. The summed E-state index contributed by atoms with van der Waals surface area (Å²) in [6.45, 7) is 1.35. The third-order valence-corrected chi connectivity index (χ3v) is 4.93. The number of benzene rings is 1. The predicted molar refractivity (Wildman–Crippen MR) is 87.9 cm³/mol. The van der Waals surface area contributed by atoms with Gasteiger partial charge in [-0.1, -0.05) is 23.5 Å². The van der Waals surface area contributed by atoms with Crippen LogP contribution in [-0.4, -0.2) is 35.0 Å². The second kappa shape index (κ2) is 6.04. The molecule has 5 nitrogen and oxygen atoms in total. The molecule has 4 rings (SSSR count). The molecule has 1 saturated heterocycles. The summed E-state index contributed by atoms with van der Waals surface area (Å²) >= 11 is 1.57.